The molecule has 1 fully saturated rings. The second kappa shape index (κ2) is 11.7. The zero-order chi connectivity index (χ0) is 29.1. The first-order valence-corrected chi connectivity index (χ1v) is 14.8. The number of nitrogens with zero attached hydrogens (tertiary/aromatic N) is 3. The fourth-order valence-corrected chi connectivity index (χ4v) is 4.77. The van der Waals surface area contributed by atoms with Crippen LogP contribution >= 0.6 is 0 Å². The number of carbonyl (C=O) groups is 1. The molecule has 0 saturated carbocycles. The molecule has 11 nitrogen and oxygen atoms in total. The summed E-state index contributed by atoms with van der Waals surface area (Å²) in [6.07, 6.45) is 2.72. The van der Waals surface area contributed by atoms with E-state index >= 15 is 0 Å². The van der Waals surface area contributed by atoms with Crippen molar-refractivity contribution in [2.75, 3.05) is 54.5 Å². The first-order valence-electron chi connectivity index (χ1n) is 12.9. The van der Waals surface area contributed by atoms with Crippen molar-refractivity contribution < 1.29 is 22.7 Å². The highest BCUT2D eigenvalue weighted by atomic mass is 32.2. The van der Waals surface area contributed by atoms with Crippen LogP contribution in [0.15, 0.2) is 42.6 Å². The molecular formula is C28H36N6O5S. The number of piperazine rings is 1. The van der Waals surface area contributed by atoms with Crippen LogP contribution in [0.25, 0.3) is 0 Å². The van der Waals surface area contributed by atoms with E-state index in [0.717, 1.165) is 43.6 Å². The molecule has 2 aromatic carbocycles. The molecule has 0 spiro atoms. The molecule has 1 aromatic heterocycles. The Morgan fingerprint density at radius 3 is 2.42 bits per heavy atom. The lowest BCUT2D eigenvalue weighted by Gasteiger charge is -2.27. The van der Waals surface area contributed by atoms with Crippen LogP contribution in [0.5, 0.6) is 17.4 Å². The third-order valence-electron chi connectivity index (χ3n) is 6.38. The van der Waals surface area contributed by atoms with Crippen molar-refractivity contribution >= 4 is 33.3 Å². The number of benzene rings is 2. The molecule has 1 saturated heterocycles. The van der Waals surface area contributed by atoms with Crippen LogP contribution in [0.3, 0.4) is 0 Å². The monoisotopic (exact) mass is 568 g/mol. The number of methoxy groups -OCH3 is 1. The van der Waals surface area contributed by atoms with Crippen LogP contribution in [0, 0.1) is 6.92 Å². The van der Waals surface area contributed by atoms with Crippen LogP contribution in [0.4, 0.5) is 17.3 Å². The number of carbonyl (C=O) groups excluding carboxylic acids is 1. The van der Waals surface area contributed by atoms with Gasteiger partial charge in [-0.05, 0) is 47.7 Å². The maximum Gasteiger partial charge on any atom is 0.255 e. The van der Waals surface area contributed by atoms with Crippen LogP contribution in [-0.2, 0) is 15.4 Å². The third kappa shape index (κ3) is 7.19. The highest BCUT2D eigenvalue weighted by Crippen LogP contribution is 2.39. The number of anilines is 3. The quantitative estimate of drug-likeness (QED) is 0.370. The van der Waals surface area contributed by atoms with Crippen molar-refractivity contribution in [2.45, 2.75) is 33.1 Å². The number of rotatable bonds is 8. The van der Waals surface area contributed by atoms with Gasteiger partial charge < -0.3 is 25.0 Å². The summed E-state index contributed by atoms with van der Waals surface area (Å²) in [6.45, 7) is 11.2. The molecular weight excluding hydrogens is 532 g/mol. The average Bonchev–Trinajstić information content (AvgIpc) is 2.89. The summed E-state index contributed by atoms with van der Waals surface area (Å²) in [5.74, 6) is 1.24. The van der Waals surface area contributed by atoms with Crippen LogP contribution in [0.2, 0.25) is 0 Å². The van der Waals surface area contributed by atoms with E-state index in [4.69, 9.17) is 9.47 Å². The predicted molar refractivity (Wildman–Crippen MR) is 156 cm³/mol. The lowest BCUT2D eigenvalue weighted by molar-refractivity contribution is 0.102. The molecule has 3 aromatic rings. The predicted octanol–water partition coefficient (Wildman–Crippen LogP) is 3.92. The third-order valence-corrected chi connectivity index (χ3v) is 6.98. The lowest BCUT2D eigenvalue weighted by atomic mass is 9.86. The van der Waals surface area contributed by atoms with Gasteiger partial charge in [-0.1, -0.05) is 26.8 Å². The van der Waals surface area contributed by atoms with Gasteiger partial charge in [-0.2, -0.15) is 4.98 Å². The van der Waals surface area contributed by atoms with Gasteiger partial charge in [0.1, 0.15) is 5.75 Å². The Bertz CT molecular complexity index is 1500. The number of nitrogens with one attached hydrogen (secondary N) is 3. The normalized spacial score (nSPS) is 14.0. The van der Waals surface area contributed by atoms with Gasteiger partial charge in [-0.25, -0.2) is 13.4 Å². The molecule has 0 radical (unpaired) electrons. The van der Waals surface area contributed by atoms with Gasteiger partial charge in [0.15, 0.2) is 5.75 Å². The van der Waals surface area contributed by atoms with E-state index in [1.165, 1.54) is 7.11 Å². The van der Waals surface area contributed by atoms with E-state index in [9.17, 15) is 13.2 Å². The van der Waals surface area contributed by atoms with Crippen molar-refractivity contribution in [1.82, 2.24) is 15.3 Å². The van der Waals surface area contributed by atoms with Crippen molar-refractivity contribution in [1.29, 1.82) is 0 Å². The van der Waals surface area contributed by atoms with Gasteiger partial charge in [0, 0.05) is 44.0 Å². The maximum atomic E-state index is 13.4. The van der Waals surface area contributed by atoms with Gasteiger partial charge in [-0.3, -0.25) is 9.52 Å². The van der Waals surface area contributed by atoms with Gasteiger partial charge in [0.05, 0.1) is 24.7 Å². The topological polar surface area (TPSA) is 135 Å². The second-order valence-electron chi connectivity index (χ2n) is 10.7. The average molecular weight is 569 g/mol. The molecule has 214 valence electrons. The summed E-state index contributed by atoms with van der Waals surface area (Å²) in [5, 5.41) is 6.19. The molecule has 1 amide bonds. The number of sulfonamides is 1. The first kappa shape index (κ1) is 29.1. The summed E-state index contributed by atoms with van der Waals surface area (Å²) in [6, 6.07) is 10.3. The molecule has 0 atom stereocenters. The fraction of sp³-hybridized carbons (Fsp3) is 0.393. The molecule has 0 bridgehead atoms. The van der Waals surface area contributed by atoms with E-state index in [-0.39, 0.29) is 16.9 Å². The van der Waals surface area contributed by atoms with Crippen molar-refractivity contribution in [3.63, 3.8) is 0 Å². The van der Waals surface area contributed by atoms with E-state index in [2.05, 4.69) is 30.2 Å². The van der Waals surface area contributed by atoms with Crippen LogP contribution < -0.4 is 29.7 Å². The number of aryl methyl sites for hydroxylation is 1. The number of aromatic nitrogens is 2. The molecule has 1 aliphatic heterocycles. The first-order chi connectivity index (χ1) is 18.8. The van der Waals surface area contributed by atoms with E-state index in [1.54, 1.807) is 42.6 Å². The standard InChI is InChI=1S/C28H36N6O5S/c1-18-7-8-19(15-23(18)39-24-9-10-30-27(32-24)34-13-11-29-12-14-34)26(35)31-21-16-20(28(2,3)4)17-22(25(21)38-5)33-40(6,36)37/h7-10,15-17,29,33H,11-14H2,1-6H3,(H,31,35). The highest BCUT2D eigenvalue weighted by molar-refractivity contribution is 7.92. The molecule has 0 aliphatic carbocycles. The Balaban J connectivity index is 1.62. The van der Waals surface area contributed by atoms with Gasteiger partial charge in [0.2, 0.25) is 21.9 Å². The van der Waals surface area contributed by atoms with E-state index < -0.39 is 15.9 Å². The molecule has 4 rings (SSSR count). The van der Waals surface area contributed by atoms with E-state index in [0.29, 0.717) is 28.8 Å². The molecule has 2 heterocycles. The summed E-state index contributed by atoms with van der Waals surface area (Å²) in [4.78, 5) is 24.4. The number of hydrogen-bond acceptors (Lipinski definition) is 9. The minimum absolute atomic E-state index is 0.205. The van der Waals surface area contributed by atoms with Crippen molar-refractivity contribution in [3.8, 4) is 17.4 Å². The Hall–Kier alpha value is -3.90. The Morgan fingerprint density at radius 1 is 1.07 bits per heavy atom. The lowest BCUT2D eigenvalue weighted by Crippen LogP contribution is -2.44. The smallest absolute Gasteiger partial charge is 0.255 e. The molecule has 0 unspecified atom stereocenters. The summed E-state index contributed by atoms with van der Waals surface area (Å²) in [5.41, 5.74) is 2.23. The molecule has 12 heteroatoms. The number of ether oxygens (including phenoxy) is 2. The Morgan fingerprint density at radius 2 is 1.77 bits per heavy atom. The number of amides is 1. The fourth-order valence-electron chi connectivity index (χ4n) is 4.22. The van der Waals surface area contributed by atoms with Crippen molar-refractivity contribution in [3.05, 3.63) is 59.3 Å². The minimum Gasteiger partial charge on any atom is -0.492 e. The summed E-state index contributed by atoms with van der Waals surface area (Å²) in [7, 11) is -2.18. The van der Waals surface area contributed by atoms with Gasteiger partial charge >= 0.3 is 0 Å². The van der Waals surface area contributed by atoms with Gasteiger partial charge in [0.25, 0.3) is 5.91 Å². The molecule has 1 aliphatic rings. The van der Waals surface area contributed by atoms with Crippen LogP contribution in [0.1, 0.15) is 42.3 Å². The molecule has 40 heavy (non-hydrogen) atoms. The zero-order valence-electron chi connectivity index (χ0n) is 23.7. The maximum absolute atomic E-state index is 13.4. The second-order valence-corrected chi connectivity index (χ2v) is 12.4. The Labute approximate surface area is 235 Å². The summed E-state index contributed by atoms with van der Waals surface area (Å²) < 4.78 is 38.2. The Kier molecular flexibility index (Phi) is 8.50. The van der Waals surface area contributed by atoms with Crippen molar-refractivity contribution in [2.24, 2.45) is 0 Å². The highest BCUT2D eigenvalue weighted by Gasteiger charge is 2.23. The van der Waals surface area contributed by atoms with E-state index in [1.807, 2.05) is 27.7 Å². The van der Waals surface area contributed by atoms with Crippen LogP contribution in [-0.4, -0.2) is 63.8 Å². The SMILES string of the molecule is COc1c(NC(=O)c2ccc(C)c(Oc3ccnc(N4CCNCC4)n3)c2)cc(C(C)(C)C)cc1NS(C)(=O)=O. The minimum atomic E-state index is -3.60. The largest absolute Gasteiger partial charge is 0.492 e. The number of hydrogen-bond donors (Lipinski definition) is 3. The molecule has 3 N–H and O–H groups in total. The zero-order valence-corrected chi connectivity index (χ0v) is 24.5. The van der Waals surface area contributed by atoms with Gasteiger partial charge in [-0.15, -0.1) is 0 Å². The summed E-state index contributed by atoms with van der Waals surface area (Å²) >= 11 is 0.